The van der Waals surface area contributed by atoms with Crippen LogP contribution >= 0.6 is 15.9 Å². The van der Waals surface area contributed by atoms with Gasteiger partial charge in [0.15, 0.2) is 0 Å². The number of amides is 1. The molecule has 0 aliphatic carbocycles. The van der Waals surface area contributed by atoms with Gasteiger partial charge in [-0.1, -0.05) is 0 Å². The monoisotopic (exact) mass is 272 g/mol. The third-order valence-electron chi connectivity index (χ3n) is 1.80. The molecule has 0 aromatic heterocycles. The first-order chi connectivity index (χ1) is 6.93. The highest BCUT2D eigenvalue weighted by atomic mass is 79.9. The van der Waals surface area contributed by atoms with Gasteiger partial charge in [0, 0.05) is 30.7 Å². The van der Waals surface area contributed by atoms with Crippen LogP contribution in [-0.4, -0.2) is 29.8 Å². The van der Waals surface area contributed by atoms with Crippen LogP contribution in [0.4, 0.5) is 5.69 Å². The zero-order valence-corrected chi connectivity index (χ0v) is 9.82. The van der Waals surface area contributed by atoms with Gasteiger partial charge in [-0.3, -0.25) is 14.9 Å². The molecule has 0 aliphatic heterocycles. The molecule has 1 amide bonds. The van der Waals surface area contributed by atoms with Gasteiger partial charge in [-0.15, -0.1) is 0 Å². The molecule has 0 bridgehead atoms. The molecule has 1 rings (SSSR count). The van der Waals surface area contributed by atoms with Gasteiger partial charge in [-0.25, -0.2) is 0 Å². The van der Waals surface area contributed by atoms with Crippen molar-refractivity contribution < 1.29 is 9.72 Å². The number of carbonyl (C=O) groups is 1. The molecule has 0 fully saturated rings. The summed E-state index contributed by atoms with van der Waals surface area (Å²) in [6.45, 7) is 0. The average molecular weight is 273 g/mol. The van der Waals surface area contributed by atoms with Gasteiger partial charge >= 0.3 is 0 Å². The molecule has 5 nitrogen and oxygen atoms in total. The second-order valence-corrected chi connectivity index (χ2v) is 3.98. The number of nitro groups is 1. The normalized spacial score (nSPS) is 9.80. The van der Waals surface area contributed by atoms with E-state index in [1.165, 1.54) is 23.1 Å². The molecule has 1 aromatic carbocycles. The van der Waals surface area contributed by atoms with E-state index in [9.17, 15) is 14.9 Å². The Kier molecular flexibility index (Phi) is 3.41. The van der Waals surface area contributed by atoms with E-state index < -0.39 is 4.92 Å². The van der Waals surface area contributed by atoms with Crippen molar-refractivity contribution in [2.75, 3.05) is 14.1 Å². The lowest BCUT2D eigenvalue weighted by atomic mass is 10.2. The SMILES string of the molecule is CN(C)C(=O)c1cc([N+](=O)[O-])ccc1Br. The van der Waals surface area contributed by atoms with E-state index in [2.05, 4.69) is 15.9 Å². The molecule has 0 unspecified atom stereocenters. The van der Waals surface area contributed by atoms with Crippen LogP contribution in [0.3, 0.4) is 0 Å². The van der Waals surface area contributed by atoms with Crippen molar-refractivity contribution in [1.29, 1.82) is 0 Å². The zero-order valence-electron chi connectivity index (χ0n) is 8.23. The fourth-order valence-corrected chi connectivity index (χ4v) is 1.45. The lowest BCUT2D eigenvalue weighted by molar-refractivity contribution is -0.384. The first-order valence-electron chi connectivity index (χ1n) is 4.09. The second kappa shape index (κ2) is 4.39. The minimum atomic E-state index is -0.529. The van der Waals surface area contributed by atoms with Crippen LogP contribution in [0, 0.1) is 10.1 Å². The van der Waals surface area contributed by atoms with Crippen LogP contribution in [0.2, 0.25) is 0 Å². The standard InChI is InChI=1S/C9H9BrN2O3/c1-11(2)9(13)7-5-6(12(14)15)3-4-8(7)10/h3-5H,1-2H3. The number of non-ortho nitro benzene ring substituents is 1. The quantitative estimate of drug-likeness (QED) is 0.612. The highest BCUT2D eigenvalue weighted by Crippen LogP contribution is 2.23. The van der Waals surface area contributed by atoms with Gasteiger partial charge in [0.2, 0.25) is 0 Å². The molecule has 0 N–H and O–H groups in total. The van der Waals surface area contributed by atoms with Crippen molar-refractivity contribution in [1.82, 2.24) is 4.90 Å². The Bertz CT molecular complexity index is 418. The van der Waals surface area contributed by atoms with E-state index in [0.717, 1.165) is 0 Å². The summed E-state index contributed by atoms with van der Waals surface area (Å²) in [6, 6.07) is 4.10. The Morgan fingerprint density at radius 2 is 2.07 bits per heavy atom. The smallest absolute Gasteiger partial charge is 0.270 e. The van der Waals surface area contributed by atoms with Crippen LogP contribution in [0.15, 0.2) is 22.7 Å². The Morgan fingerprint density at radius 3 is 2.53 bits per heavy atom. The molecular formula is C9H9BrN2O3. The average Bonchev–Trinajstić information content (AvgIpc) is 2.16. The predicted molar refractivity (Wildman–Crippen MR) is 58.8 cm³/mol. The highest BCUT2D eigenvalue weighted by molar-refractivity contribution is 9.10. The molecule has 0 spiro atoms. The van der Waals surface area contributed by atoms with Gasteiger partial charge < -0.3 is 4.90 Å². The summed E-state index contributed by atoms with van der Waals surface area (Å²) < 4.78 is 0.548. The molecule has 0 atom stereocenters. The van der Waals surface area contributed by atoms with Gasteiger partial charge in [-0.05, 0) is 22.0 Å². The summed E-state index contributed by atoms with van der Waals surface area (Å²) in [6.07, 6.45) is 0. The molecule has 15 heavy (non-hydrogen) atoms. The number of hydrogen-bond donors (Lipinski definition) is 0. The highest BCUT2D eigenvalue weighted by Gasteiger charge is 2.16. The number of benzene rings is 1. The third kappa shape index (κ3) is 2.53. The maximum Gasteiger partial charge on any atom is 0.270 e. The predicted octanol–water partition coefficient (Wildman–Crippen LogP) is 2.06. The third-order valence-corrected chi connectivity index (χ3v) is 2.49. The minimum absolute atomic E-state index is 0.0941. The van der Waals surface area contributed by atoms with Crippen LogP contribution < -0.4 is 0 Å². The molecule has 0 aliphatic rings. The Morgan fingerprint density at radius 1 is 1.47 bits per heavy atom. The van der Waals surface area contributed by atoms with E-state index >= 15 is 0 Å². The van der Waals surface area contributed by atoms with Crippen molar-refractivity contribution >= 4 is 27.5 Å². The summed E-state index contributed by atoms with van der Waals surface area (Å²) >= 11 is 3.18. The van der Waals surface area contributed by atoms with Crippen molar-refractivity contribution in [3.8, 4) is 0 Å². The first kappa shape index (κ1) is 11.6. The lowest BCUT2D eigenvalue weighted by Crippen LogP contribution is -2.22. The number of halogens is 1. The maximum absolute atomic E-state index is 11.6. The van der Waals surface area contributed by atoms with E-state index in [4.69, 9.17) is 0 Å². The molecule has 0 saturated carbocycles. The van der Waals surface area contributed by atoms with Crippen molar-refractivity contribution in [3.63, 3.8) is 0 Å². The van der Waals surface area contributed by atoms with E-state index in [-0.39, 0.29) is 17.2 Å². The van der Waals surface area contributed by atoms with Crippen molar-refractivity contribution in [2.45, 2.75) is 0 Å². The van der Waals surface area contributed by atoms with Gasteiger partial charge in [-0.2, -0.15) is 0 Å². The van der Waals surface area contributed by atoms with Gasteiger partial charge in [0.05, 0.1) is 10.5 Å². The summed E-state index contributed by atoms with van der Waals surface area (Å²) in [7, 11) is 3.18. The number of hydrogen-bond acceptors (Lipinski definition) is 3. The van der Waals surface area contributed by atoms with E-state index in [1.54, 1.807) is 14.1 Å². The number of carbonyl (C=O) groups excluding carboxylic acids is 1. The van der Waals surface area contributed by atoms with E-state index in [0.29, 0.717) is 4.47 Å². The molecule has 0 radical (unpaired) electrons. The van der Waals surface area contributed by atoms with Crippen LogP contribution in [0.1, 0.15) is 10.4 Å². The Balaban J connectivity index is 3.22. The topological polar surface area (TPSA) is 63.5 Å². The summed E-state index contributed by atoms with van der Waals surface area (Å²) in [5.74, 6) is -0.273. The molecule has 80 valence electrons. The fraction of sp³-hybridized carbons (Fsp3) is 0.222. The Hall–Kier alpha value is -1.43. The van der Waals surface area contributed by atoms with Crippen molar-refractivity contribution in [2.24, 2.45) is 0 Å². The Labute approximate surface area is 95.0 Å². The van der Waals surface area contributed by atoms with E-state index in [1.807, 2.05) is 0 Å². The largest absolute Gasteiger partial charge is 0.345 e. The van der Waals surface area contributed by atoms with Crippen LogP contribution in [0.25, 0.3) is 0 Å². The molecule has 0 saturated heterocycles. The van der Waals surface area contributed by atoms with Crippen LogP contribution in [0.5, 0.6) is 0 Å². The first-order valence-corrected chi connectivity index (χ1v) is 4.88. The van der Waals surface area contributed by atoms with Gasteiger partial charge in [0.25, 0.3) is 11.6 Å². The second-order valence-electron chi connectivity index (χ2n) is 3.12. The molecular weight excluding hydrogens is 264 g/mol. The maximum atomic E-state index is 11.6. The van der Waals surface area contributed by atoms with Gasteiger partial charge in [0.1, 0.15) is 0 Å². The fourth-order valence-electron chi connectivity index (χ4n) is 1.03. The number of nitrogens with zero attached hydrogens (tertiary/aromatic N) is 2. The summed E-state index contributed by atoms with van der Waals surface area (Å²) in [5.41, 5.74) is 0.192. The lowest BCUT2D eigenvalue weighted by Gasteiger charge is -2.11. The zero-order chi connectivity index (χ0) is 11.6. The molecule has 6 heteroatoms. The van der Waals surface area contributed by atoms with Crippen LogP contribution in [-0.2, 0) is 0 Å². The number of nitro benzene ring substituents is 1. The molecule has 0 heterocycles. The summed E-state index contributed by atoms with van der Waals surface area (Å²) in [5, 5.41) is 10.5. The summed E-state index contributed by atoms with van der Waals surface area (Å²) in [4.78, 5) is 23.0. The number of rotatable bonds is 2. The van der Waals surface area contributed by atoms with Crippen molar-refractivity contribution in [3.05, 3.63) is 38.3 Å². The molecule has 1 aromatic rings. The minimum Gasteiger partial charge on any atom is -0.345 e.